The Hall–Kier alpha value is -1.36. The predicted octanol–water partition coefficient (Wildman–Crippen LogP) is 2.89. The van der Waals surface area contributed by atoms with Crippen LogP contribution in [0.15, 0.2) is 6.07 Å². The Morgan fingerprint density at radius 3 is 2.89 bits per heavy atom. The van der Waals surface area contributed by atoms with Crippen molar-refractivity contribution in [3.8, 4) is 0 Å². The van der Waals surface area contributed by atoms with Crippen LogP contribution in [0.25, 0.3) is 10.2 Å². The first-order valence-electron chi connectivity index (χ1n) is 6.34. The van der Waals surface area contributed by atoms with Gasteiger partial charge < -0.3 is 10.2 Å². The maximum Gasteiger partial charge on any atom is 0.225 e. The molecule has 2 aromatic heterocycles. The number of fused-ring (bicyclic) bond motifs is 1. The molecule has 0 saturated heterocycles. The van der Waals surface area contributed by atoms with Crippen molar-refractivity contribution in [3.63, 3.8) is 0 Å². The topological polar surface area (TPSA) is 41.1 Å². The van der Waals surface area contributed by atoms with E-state index in [9.17, 15) is 0 Å². The number of aromatic nitrogens is 2. The molecule has 1 fully saturated rings. The number of hydrogen-bond donors (Lipinski definition) is 1. The van der Waals surface area contributed by atoms with E-state index in [0.29, 0.717) is 5.95 Å². The molecular formula is C13H18N4S. The fourth-order valence-electron chi connectivity index (χ4n) is 2.20. The van der Waals surface area contributed by atoms with Gasteiger partial charge in [-0.05, 0) is 31.7 Å². The Balaban J connectivity index is 2.05. The number of thiophene rings is 1. The summed E-state index contributed by atoms with van der Waals surface area (Å²) in [4.78, 5) is 13.8. The number of anilines is 2. The largest absolute Gasteiger partial charge is 0.359 e. The molecule has 1 aliphatic carbocycles. The molecule has 1 saturated carbocycles. The summed E-state index contributed by atoms with van der Waals surface area (Å²) in [5.74, 6) is 2.63. The third kappa shape index (κ3) is 2.14. The quantitative estimate of drug-likeness (QED) is 0.920. The SMILES string of the molecule is CNc1nc(N(C)CC2CC2)c2cc(C)sc2n1. The molecule has 2 aromatic rings. The summed E-state index contributed by atoms with van der Waals surface area (Å²) >= 11 is 1.73. The zero-order valence-corrected chi connectivity index (χ0v) is 11.8. The molecule has 0 unspecified atom stereocenters. The van der Waals surface area contributed by atoms with Gasteiger partial charge in [0.15, 0.2) is 0 Å². The Bertz CT molecular complexity index is 574. The van der Waals surface area contributed by atoms with Gasteiger partial charge in [-0.1, -0.05) is 0 Å². The second-order valence-corrected chi connectivity index (χ2v) is 6.26. The van der Waals surface area contributed by atoms with E-state index in [1.54, 1.807) is 11.3 Å². The molecule has 0 atom stereocenters. The highest BCUT2D eigenvalue weighted by Gasteiger charge is 2.24. The van der Waals surface area contributed by atoms with Gasteiger partial charge in [-0.15, -0.1) is 11.3 Å². The molecule has 0 radical (unpaired) electrons. The van der Waals surface area contributed by atoms with Crippen molar-refractivity contribution >= 4 is 33.3 Å². The summed E-state index contributed by atoms with van der Waals surface area (Å²) < 4.78 is 0. The summed E-state index contributed by atoms with van der Waals surface area (Å²) in [6, 6.07) is 2.19. The van der Waals surface area contributed by atoms with Crippen LogP contribution in [-0.4, -0.2) is 30.6 Å². The minimum Gasteiger partial charge on any atom is -0.359 e. The number of nitrogens with one attached hydrogen (secondary N) is 1. The lowest BCUT2D eigenvalue weighted by Crippen LogP contribution is -2.21. The Kier molecular flexibility index (Phi) is 2.86. The van der Waals surface area contributed by atoms with Gasteiger partial charge in [-0.25, -0.2) is 4.98 Å². The molecule has 0 aliphatic heterocycles. The molecule has 1 N–H and O–H groups in total. The summed E-state index contributed by atoms with van der Waals surface area (Å²) in [7, 11) is 4.00. The molecule has 2 heterocycles. The van der Waals surface area contributed by atoms with Crippen molar-refractivity contribution in [3.05, 3.63) is 10.9 Å². The van der Waals surface area contributed by atoms with Gasteiger partial charge >= 0.3 is 0 Å². The Morgan fingerprint density at radius 1 is 1.44 bits per heavy atom. The average Bonchev–Trinajstić information content (AvgIpc) is 3.06. The highest BCUT2D eigenvalue weighted by Crippen LogP contribution is 2.34. The molecule has 0 aromatic carbocycles. The first kappa shape index (κ1) is 11.7. The van der Waals surface area contributed by atoms with Crippen molar-refractivity contribution in [1.82, 2.24) is 9.97 Å². The van der Waals surface area contributed by atoms with Crippen molar-refractivity contribution < 1.29 is 0 Å². The smallest absolute Gasteiger partial charge is 0.225 e. The van der Waals surface area contributed by atoms with Crippen LogP contribution >= 0.6 is 11.3 Å². The number of hydrogen-bond acceptors (Lipinski definition) is 5. The fourth-order valence-corrected chi connectivity index (χ4v) is 3.08. The molecular weight excluding hydrogens is 244 g/mol. The van der Waals surface area contributed by atoms with E-state index in [2.05, 4.69) is 40.2 Å². The minimum absolute atomic E-state index is 0.710. The zero-order chi connectivity index (χ0) is 12.7. The molecule has 0 amide bonds. The van der Waals surface area contributed by atoms with E-state index in [0.717, 1.165) is 23.1 Å². The number of aryl methyl sites for hydroxylation is 1. The van der Waals surface area contributed by atoms with Crippen LogP contribution in [0.3, 0.4) is 0 Å². The summed E-state index contributed by atoms with van der Waals surface area (Å²) in [5.41, 5.74) is 0. The Morgan fingerprint density at radius 2 is 2.22 bits per heavy atom. The highest BCUT2D eigenvalue weighted by atomic mass is 32.1. The summed E-state index contributed by atoms with van der Waals surface area (Å²) in [6.45, 7) is 3.22. The lowest BCUT2D eigenvalue weighted by molar-refractivity contribution is 0.780. The molecule has 96 valence electrons. The van der Waals surface area contributed by atoms with E-state index >= 15 is 0 Å². The molecule has 0 bridgehead atoms. The predicted molar refractivity (Wildman–Crippen MR) is 77.7 cm³/mol. The van der Waals surface area contributed by atoms with Crippen LogP contribution in [0.1, 0.15) is 17.7 Å². The van der Waals surface area contributed by atoms with Gasteiger partial charge in [-0.2, -0.15) is 4.98 Å². The average molecular weight is 262 g/mol. The first-order valence-corrected chi connectivity index (χ1v) is 7.16. The third-order valence-electron chi connectivity index (χ3n) is 3.31. The van der Waals surface area contributed by atoms with Gasteiger partial charge in [0.1, 0.15) is 10.6 Å². The van der Waals surface area contributed by atoms with Gasteiger partial charge in [0.2, 0.25) is 5.95 Å². The molecule has 1 aliphatic rings. The van der Waals surface area contributed by atoms with Crippen LogP contribution in [0.5, 0.6) is 0 Å². The third-order valence-corrected chi connectivity index (χ3v) is 4.25. The second-order valence-electron chi connectivity index (χ2n) is 5.02. The normalized spacial score (nSPS) is 15.1. The van der Waals surface area contributed by atoms with Gasteiger partial charge in [-0.3, -0.25) is 0 Å². The maximum absolute atomic E-state index is 4.62. The number of rotatable bonds is 4. The first-order chi connectivity index (χ1) is 8.67. The van der Waals surface area contributed by atoms with Crippen molar-refractivity contribution in [1.29, 1.82) is 0 Å². The summed E-state index contributed by atoms with van der Waals surface area (Å²) in [6.07, 6.45) is 2.72. The van der Waals surface area contributed by atoms with E-state index < -0.39 is 0 Å². The van der Waals surface area contributed by atoms with E-state index in [-0.39, 0.29) is 0 Å². The van der Waals surface area contributed by atoms with Crippen molar-refractivity contribution in [2.45, 2.75) is 19.8 Å². The van der Waals surface area contributed by atoms with Crippen LogP contribution in [0.4, 0.5) is 11.8 Å². The lowest BCUT2D eigenvalue weighted by Gasteiger charge is -2.19. The van der Waals surface area contributed by atoms with Gasteiger partial charge in [0.25, 0.3) is 0 Å². The fraction of sp³-hybridized carbons (Fsp3) is 0.538. The van der Waals surface area contributed by atoms with Crippen LogP contribution in [0.2, 0.25) is 0 Å². The Labute approximate surface area is 111 Å². The number of nitrogens with zero attached hydrogens (tertiary/aromatic N) is 3. The van der Waals surface area contributed by atoms with E-state index in [1.807, 2.05) is 7.05 Å². The monoisotopic (exact) mass is 262 g/mol. The zero-order valence-electron chi connectivity index (χ0n) is 11.0. The van der Waals surface area contributed by atoms with Gasteiger partial charge in [0.05, 0.1) is 5.39 Å². The van der Waals surface area contributed by atoms with Crippen LogP contribution < -0.4 is 10.2 Å². The maximum atomic E-state index is 4.62. The molecule has 4 nitrogen and oxygen atoms in total. The summed E-state index contributed by atoms with van der Waals surface area (Å²) in [5, 5.41) is 4.23. The molecule has 0 spiro atoms. The van der Waals surface area contributed by atoms with Crippen molar-refractivity contribution in [2.75, 3.05) is 30.9 Å². The van der Waals surface area contributed by atoms with E-state index in [4.69, 9.17) is 0 Å². The molecule has 3 rings (SSSR count). The van der Waals surface area contributed by atoms with Crippen LogP contribution in [0, 0.1) is 12.8 Å². The standard InChI is InChI=1S/C13H18N4S/c1-8-6-10-11(17(3)7-9-4-5-9)15-13(14-2)16-12(10)18-8/h6,9H,4-5,7H2,1-3H3,(H,14,15,16). The second kappa shape index (κ2) is 4.39. The minimum atomic E-state index is 0.710. The lowest BCUT2D eigenvalue weighted by atomic mass is 10.3. The highest BCUT2D eigenvalue weighted by molar-refractivity contribution is 7.18. The van der Waals surface area contributed by atoms with Crippen molar-refractivity contribution in [2.24, 2.45) is 5.92 Å². The van der Waals surface area contributed by atoms with Gasteiger partial charge in [0, 0.05) is 25.5 Å². The molecule has 18 heavy (non-hydrogen) atoms. The molecule has 5 heteroatoms. The van der Waals surface area contributed by atoms with E-state index in [1.165, 1.54) is 23.1 Å². The van der Waals surface area contributed by atoms with Crippen LogP contribution in [-0.2, 0) is 0 Å².